The molecule has 0 aromatic heterocycles. The summed E-state index contributed by atoms with van der Waals surface area (Å²) in [5.41, 5.74) is 0. The molecule has 1 rings (SSSR count). The van der Waals surface area contributed by atoms with Crippen LogP contribution in [-0.4, -0.2) is 34.1 Å². The van der Waals surface area contributed by atoms with Crippen LogP contribution in [0.5, 0.6) is 0 Å². The SMILES string of the molecule is C/C(=C\[C@H]1OC(C)(C)O[C@@H]1/C=C(\C)[Si](C)(C)C)[Si](C)(C)C. The quantitative estimate of drug-likeness (QED) is 0.665. The maximum Gasteiger partial charge on any atom is 0.164 e. The van der Waals surface area contributed by atoms with Crippen molar-refractivity contribution in [2.45, 2.75) is 85.0 Å². The van der Waals surface area contributed by atoms with Gasteiger partial charge in [0.05, 0.1) is 16.1 Å². The lowest BCUT2D eigenvalue weighted by atomic mass is 10.2. The summed E-state index contributed by atoms with van der Waals surface area (Å²) in [5, 5.41) is 2.97. The number of hydrogen-bond donors (Lipinski definition) is 0. The van der Waals surface area contributed by atoms with Gasteiger partial charge in [0.25, 0.3) is 0 Å². The number of rotatable bonds is 4. The molecule has 1 heterocycles. The minimum atomic E-state index is -1.27. The fraction of sp³-hybridized carbons (Fsp3) is 0.765. The molecule has 1 saturated heterocycles. The van der Waals surface area contributed by atoms with Crippen molar-refractivity contribution in [2.24, 2.45) is 0 Å². The molecule has 0 bridgehead atoms. The van der Waals surface area contributed by atoms with Crippen molar-refractivity contribution in [3.05, 3.63) is 22.5 Å². The van der Waals surface area contributed by atoms with Crippen molar-refractivity contribution in [1.82, 2.24) is 0 Å². The molecule has 1 aliphatic rings. The van der Waals surface area contributed by atoms with Crippen LogP contribution in [0.1, 0.15) is 27.7 Å². The summed E-state index contributed by atoms with van der Waals surface area (Å²) in [6, 6.07) is 0. The molecule has 0 radical (unpaired) electrons. The van der Waals surface area contributed by atoms with Crippen LogP contribution in [-0.2, 0) is 9.47 Å². The molecular formula is C17H34O2Si2. The molecular weight excluding hydrogens is 292 g/mol. The van der Waals surface area contributed by atoms with Gasteiger partial charge in [-0.3, -0.25) is 0 Å². The molecule has 2 nitrogen and oxygen atoms in total. The first kappa shape index (κ1) is 18.9. The minimum absolute atomic E-state index is 0.0398. The molecule has 0 aromatic carbocycles. The standard InChI is InChI=1S/C17H34O2Si2/c1-13(20(5,6)7)11-15-16(19-17(3,4)18-15)12-14(2)21(8,9)10/h11-12,15-16H,1-10H3/b13-11+,14-12+/t15-,16-/m1/s1. The third-order valence-electron chi connectivity index (χ3n) is 4.36. The Morgan fingerprint density at radius 1 is 0.762 bits per heavy atom. The predicted octanol–water partition coefficient (Wildman–Crippen LogP) is 5.15. The van der Waals surface area contributed by atoms with Crippen molar-refractivity contribution < 1.29 is 9.47 Å². The Bertz CT molecular complexity index is 397. The van der Waals surface area contributed by atoms with Crippen LogP contribution in [0.2, 0.25) is 39.3 Å². The second-order valence-electron chi connectivity index (χ2n) is 8.76. The van der Waals surface area contributed by atoms with Crippen molar-refractivity contribution in [3.8, 4) is 0 Å². The average Bonchev–Trinajstić information content (AvgIpc) is 2.50. The lowest BCUT2D eigenvalue weighted by Gasteiger charge is -2.22. The third kappa shape index (κ3) is 5.51. The van der Waals surface area contributed by atoms with E-state index in [1.165, 1.54) is 10.4 Å². The number of allylic oxidation sites excluding steroid dienone is 2. The van der Waals surface area contributed by atoms with Gasteiger partial charge in [-0.05, 0) is 27.7 Å². The van der Waals surface area contributed by atoms with Crippen LogP contribution in [0.3, 0.4) is 0 Å². The maximum absolute atomic E-state index is 6.14. The van der Waals surface area contributed by atoms with Crippen molar-refractivity contribution in [3.63, 3.8) is 0 Å². The van der Waals surface area contributed by atoms with Crippen LogP contribution in [0, 0.1) is 0 Å². The molecule has 0 aromatic rings. The Balaban J connectivity index is 3.06. The van der Waals surface area contributed by atoms with Gasteiger partial charge in [-0.25, -0.2) is 0 Å². The normalized spacial score (nSPS) is 28.1. The summed E-state index contributed by atoms with van der Waals surface area (Å²) in [7, 11) is -2.53. The Hall–Kier alpha value is -0.166. The first-order valence-electron chi connectivity index (χ1n) is 7.96. The average molecular weight is 327 g/mol. The van der Waals surface area contributed by atoms with Crippen LogP contribution in [0.25, 0.3) is 0 Å². The van der Waals surface area contributed by atoms with E-state index in [9.17, 15) is 0 Å². The van der Waals surface area contributed by atoms with E-state index >= 15 is 0 Å². The fourth-order valence-corrected chi connectivity index (χ4v) is 3.40. The predicted molar refractivity (Wildman–Crippen MR) is 98.0 cm³/mol. The molecule has 0 unspecified atom stereocenters. The fourth-order valence-electron chi connectivity index (χ4n) is 2.07. The Morgan fingerprint density at radius 2 is 1.05 bits per heavy atom. The van der Waals surface area contributed by atoms with Crippen LogP contribution < -0.4 is 0 Å². The van der Waals surface area contributed by atoms with E-state index in [1.54, 1.807) is 0 Å². The van der Waals surface area contributed by atoms with E-state index < -0.39 is 21.9 Å². The number of ether oxygens (including phenoxy) is 2. The monoisotopic (exact) mass is 326 g/mol. The van der Waals surface area contributed by atoms with Gasteiger partial charge in [0.2, 0.25) is 0 Å². The largest absolute Gasteiger partial charge is 0.340 e. The summed E-state index contributed by atoms with van der Waals surface area (Å²) in [6.07, 6.45) is 4.69. The van der Waals surface area contributed by atoms with Crippen molar-refractivity contribution >= 4 is 16.1 Å². The van der Waals surface area contributed by atoms with Crippen LogP contribution in [0.15, 0.2) is 22.5 Å². The highest BCUT2D eigenvalue weighted by atomic mass is 28.3. The number of hydrogen-bond acceptors (Lipinski definition) is 2. The van der Waals surface area contributed by atoms with Gasteiger partial charge in [0.1, 0.15) is 12.2 Å². The second kappa shape index (κ2) is 6.15. The topological polar surface area (TPSA) is 18.5 Å². The van der Waals surface area contributed by atoms with E-state index in [1.807, 2.05) is 13.8 Å². The molecule has 0 N–H and O–H groups in total. The van der Waals surface area contributed by atoms with Gasteiger partial charge in [-0.1, -0.05) is 61.8 Å². The lowest BCUT2D eigenvalue weighted by molar-refractivity contribution is -0.139. The van der Waals surface area contributed by atoms with Gasteiger partial charge in [-0.2, -0.15) is 0 Å². The smallest absolute Gasteiger partial charge is 0.164 e. The molecule has 2 atom stereocenters. The highest BCUT2D eigenvalue weighted by Gasteiger charge is 2.40. The molecule has 1 aliphatic heterocycles. The summed E-state index contributed by atoms with van der Waals surface area (Å²) >= 11 is 0. The zero-order valence-electron chi connectivity index (χ0n) is 15.6. The molecule has 122 valence electrons. The van der Waals surface area contributed by atoms with Gasteiger partial charge in [0.15, 0.2) is 5.79 Å². The van der Waals surface area contributed by atoms with Gasteiger partial charge >= 0.3 is 0 Å². The Labute approximate surface area is 133 Å². The molecule has 0 saturated carbocycles. The first-order chi connectivity index (χ1) is 9.22. The van der Waals surface area contributed by atoms with Gasteiger partial charge in [-0.15, -0.1) is 0 Å². The van der Waals surface area contributed by atoms with E-state index in [-0.39, 0.29) is 12.2 Å². The van der Waals surface area contributed by atoms with Gasteiger partial charge in [0, 0.05) is 0 Å². The van der Waals surface area contributed by atoms with E-state index in [0.29, 0.717) is 0 Å². The van der Waals surface area contributed by atoms with Gasteiger partial charge < -0.3 is 9.47 Å². The Morgan fingerprint density at radius 3 is 1.29 bits per heavy atom. The zero-order chi connectivity index (χ0) is 16.6. The minimum Gasteiger partial charge on any atom is -0.340 e. The highest BCUT2D eigenvalue weighted by Crippen LogP contribution is 2.32. The summed E-state index contributed by atoms with van der Waals surface area (Å²) in [5.74, 6) is -0.498. The van der Waals surface area contributed by atoms with Crippen molar-refractivity contribution in [1.29, 1.82) is 0 Å². The molecule has 0 spiro atoms. The van der Waals surface area contributed by atoms with Crippen molar-refractivity contribution in [2.75, 3.05) is 0 Å². The molecule has 0 aliphatic carbocycles. The summed E-state index contributed by atoms with van der Waals surface area (Å²) < 4.78 is 12.3. The van der Waals surface area contributed by atoms with E-state index in [4.69, 9.17) is 9.47 Å². The van der Waals surface area contributed by atoms with E-state index in [2.05, 4.69) is 65.3 Å². The van der Waals surface area contributed by atoms with E-state index in [0.717, 1.165) is 0 Å². The second-order valence-corrected chi connectivity index (χ2v) is 19.3. The molecule has 4 heteroatoms. The summed E-state index contributed by atoms with van der Waals surface area (Å²) in [6.45, 7) is 22.7. The van der Waals surface area contributed by atoms with Crippen LogP contribution in [0.4, 0.5) is 0 Å². The third-order valence-corrected chi connectivity index (χ3v) is 9.42. The zero-order valence-corrected chi connectivity index (χ0v) is 17.6. The molecule has 1 fully saturated rings. The molecule has 21 heavy (non-hydrogen) atoms. The lowest BCUT2D eigenvalue weighted by Crippen LogP contribution is -2.28. The highest BCUT2D eigenvalue weighted by molar-refractivity contribution is 6.83. The van der Waals surface area contributed by atoms with Crippen LogP contribution >= 0.6 is 0 Å². The molecule has 0 amide bonds. The maximum atomic E-state index is 6.14. The summed E-state index contributed by atoms with van der Waals surface area (Å²) in [4.78, 5) is 0. The first-order valence-corrected chi connectivity index (χ1v) is 15.0. The Kier molecular flexibility index (Phi) is 5.53.